The molecule has 0 fully saturated rings. The molecule has 12 heavy (non-hydrogen) atoms. The third-order valence-corrected chi connectivity index (χ3v) is 1.23. The number of aliphatic hydroxyl groups excluding tert-OH is 1. The minimum Gasteiger partial charge on any atom is -0.475 e. The molecule has 0 aliphatic rings. The zero-order valence-corrected chi connectivity index (χ0v) is 6.23. The Kier molecular flexibility index (Phi) is 2.66. The highest BCUT2D eigenvalue weighted by Gasteiger charge is 2.06. The van der Waals surface area contributed by atoms with E-state index in [-0.39, 0.29) is 12.4 Å². The topological polar surface area (TPSA) is 70.7 Å². The minimum absolute atomic E-state index is 0.0941. The summed E-state index contributed by atoms with van der Waals surface area (Å²) >= 11 is 0. The molecule has 4 nitrogen and oxygen atoms in total. The van der Waals surface area contributed by atoms with Crippen LogP contribution in [-0.2, 0) is 0 Å². The van der Waals surface area contributed by atoms with Gasteiger partial charge in [0.2, 0.25) is 5.76 Å². The van der Waals surface area contributed by atoms with Crippen LogP contribution in [0.5, 0.6) is 0 Å². The van der Waals surface area contributed by atoms with Crippen LogP contribution in [0.2, 0.25) is 0 Å². The van der Waals surface area contributed by atoms with Crippen LogP contribution in [0.15, 0.2) is 22.6 Å². The number of carboxylic acids is 1. The summed E-state index contributed by atoms with van der Waals surface area (Å²) < 4.78 is 4.85. The van der Waals surface area contributed by atoms with Gasteiger partial charge in [0.15, 0.2) is 0 Å². The number of carboxylic acid groups (broad SMARTS) is 1. The van der Waals surface area contributed by atoms with Crippen molar-refractivity contribution in [2.45, 2.75) is 0 Å². The number of carbonyl (C=O) groups is 1. The first kappa shape index (κ1) is 8.55. The van der Waals surface area contributed by atoms with Crippen molar-refractivity contribution < 1.29 is 19.4 Å². The van der Waals surface area contributed by atoms with E-state index in [2.05, 4.69) is 0 Å². The molecule has 2 N–H and O–H groups in total. The predicted molar refractivity (Wildman–Crippen MR) is 41.8 cm³/mol. The molecule has 0 aromatic carbocycles. The Morgan fingerprint density at radius 1 is 1.58 bits per heavy atom. The van der Waals surface area contributed by atoms with Crippen molar-refractivity contribution in [3.05, 3.63) is 29.7 Å². The maximum Gasteiger partial charge on any atom is 0.371 e. The summed E-state index contributed by atoms with van der Waals surface area (Å²) in [4.78, 5) is 10.3. The zero-order valence-electron chi connectivity index (χ0n) is 6.23. The van der Waals surface area contributed by atoms with Crippen LogP contribution in [0, 0.1) is 0 Å². The molecule has 0 bridgehead atoms. The molecule has 0 unspecified atom stereocenters. The summed E-state index contributed by atoms with van der Waals surface area (Å²) in [5.41, 5.74) is 0. The Labute approximate surface area is 68.7 Å². The van der Waals surface area contributed by atoms with E-state index in [4.69, 9.17) is 14.6 Å². The highest BCUT2D eigenvalue weighted by molar-refractivity contribution is 5.84. The van der Waals surface area contributed by atoms with Gasteiger partial charge in [-0.2, -0.15) is 0 Å². The average Bonchev–Trinajstić information content (AvgIpc) is 2.48. The number of hydrogen-bond donors (Lipinski definition) is 2. The third-order valence-electron chi connectivity index (χ3n) is 1.23. The van der Waals surface area contributed by atoms with Gasteiger partial charge in [0, 0.05) is 0 Å². The second-order valence-electron chi connectivity index (χ2n) is 2.09. The van der Waals surface area contributed by atoms with E-state index < -0.39 is 5.97 Å². The molecular weight excluding hydrogens is 160 g/mol. The van der Waals surface area contributed by atoms with Crippen molar-refractivity contribution in [2.75, 3.05) is 6.61 Å². The molecule has 0 saturated heterocycles. The number of aliphatic hydroxyl groups is 1. The second-order valence-corrected chi connectivity index (χ2v) is 2.09. The molecule has 1 aromatic heterocycles. The first-order valence-electron chi connectivity index (χ1n) is 3.34. The standard InChI is InChI=1S/C8H8O4/c9-5-1-2-6-3-4-7(12-6)8(10)11/h1-4,9H,5H2,(H,10,11). The summed E-state index contributed by atoms with van der Waals surface area (Å²) in [7, 11) is 0. The lowest BCUT2D eigenvalue weighted by Crippen LogP contribution is -1.91. The fourth-order valence-electron chi connectivity index (χ4n) is 0.726. The van der Waals surface area contributed by atoms with Crippen molar-refractivity contribution in [3.63, 3.8) is 0 Å². The van der Waals surface area contributed by atoms with Gasteiger partial charge in [-0.25, -0.2) is 4.79 Å². The van der Waals surface area contributed by atoms with Gasteiger partial charge >= 0.3 is 5.97 Å². The quantitative estimate of drug-likeness (QED) is 0.705. The predicted octanol–water partition coefficient (Wildman–Crippen LogP) is 0.983. The summed E-state index contributed by atoms with van der Waals surface area (Å²) in [6.07, 6.45) is 2.97. The lowest BCUT2D eigenvalue weighted by atomic mass is 10.4. The van der Waals surface area contributed by atoms with Crippen LogP contribution in [0.4, 0.5) is 0 Å². The van der Waals surface area contributed by atoms with E-state index in [0.717, 1.165) is 0 Å². The molecule has 0 aliphatic carbocycles. The Balaban J connectivity index is 2.77. The summed E-state index contributed by atoms with van der Waals surface area (Å²) in [5.74, 6) is -0.785. The van der Waals surface area contributed by atoms with Gasteiger partial charge in [0.05, 0.1) is 6.61 Å². The SMILES string of the molecule is O=C(O)c1ccc(C=CCO)o1. The number of aromatic carboxylic acids is 1. The van der Waals surface area contributed by atoms with Gasteiger partial charge in [-0.1, -0.05) is 6.08 Å². The molecule has 1 aromatic rings. The zero-order chi connectivity index (χ0) is 8.97. The largest absolute Gasteiger partial charge is 0.475 e. The molecule has 0 spiro atoms. The van der Waals surface area contributed by atoms with Crippen molar-refractivity contribution in [2.24, 2.45) is 0 Å². The summed E-state index contributed by atoms with van der Waals surface area (Å²) in [6.45, 7) is -0.0941. The monoisotopic (exact) mass is 168 g/mol. The van der Waals surface area contributed by atoms with Crippen LogP contribution in [-0.4, -0.2) is 22.8 Å². The molecule has 1 heterocycles. The maximum absolute atomic E-state index is 10.3. The van der Waals surface area contributed by atoms with Gasteiger partial charge < -0.3 is 14.6 Å². The molecule has 0 radical (unpaired) electrons. The van der Waals surface area contributed by atoms with Crippen molar-refractivity contribution >= 4 is 12.0 Å². The molecule has 4 heteroatoms. The fourth-order valence-corrected chi connectivity index (χ4v) is 0.726. The first-order chi connectivity index (χ1) is 5.74. The molecule has 0 amide bonds. The van der Waals surface area contributed by atoms with Gasteiger partial charge in [-0.05, 0) is 18.2 Å². The highest BCUT2D eigenvalue weighted by atomic mass is 16.4. The van der Waals surface area contributed by atoms with E-state index in [1.165, 1.54) is 24.3 Å². The third kappa shape index (κ3) is 1.96. The lowest BCUT2D eigenvalue weighted by molar-refractivity contribution is 0.0662. The maximum atomic E-state index is 10.3. The average molecular weight is 168 g/mol. The van der Waals surface area contributed by atoms with Crippen molar-refractivity contribution in [3.8, 4) is 0 Å². The Morgan fingerprint density at radius 2 is 2.33 bits per heavy atom. The van der Waals surface area contributed by atoms with Crippen molar-refractivity contribution in [1.82, 2.24) is 0 Å². The summed E-state index contributed by atoms with van der Waals surface area (Å²) in [6, 6.07) is 2.88. The van der Waals surface area contributed by atoms with Crippen LogP contribution in [0.1, 0.15) is 16.3 Å². The van der Waals surface area contributed by atoms with Crippen LogP contribution in [0.3, 0.4) is 0 Å². The Morgan fingerprint density at radius 3 is 2.83 bits per heavy atom. The van der Waals surface area contributed by atoms with E-state index in [1.807, 2.05) is 0 Å². The molecule has 0 saturated carbocycles. The molecule has 1 rings (SSSR count). The van der Waals surface area contributed by atoms with Gasteiger partial charge in [0.1, 0.15) is 5.76 Å². The lowest BCUT2D eigenvalue weighted by Gasteiger charge is -1.84. The second kappa shape index (κ2) is 3.73. The Hall–Kier alpha value is -1.55. The smallest absolute Gasteiger partial charge is 0.371 e. The minimum atomic E-state index is -1.10. The number of hydrogen-bond acceptors (Lipinski definition) is 3. The highest BCUT2D eigenvalue weighted by Crippen LogP contribution is 2.08. The van der Waals surface area contributed by atoms with E-state index in [0.29, 0.717) is 5.76 Å². The van der Waals surface area contributed by atoms with Crippen LogP contribution in [0.25, 0.3) is 6.08 Å². The number of furan rings is 1. The summed E-state index contributed by atoms with van der Waals surface area (Å²) in [5, 5.41) is 16.9. The van der Waals surface area contributed by atoms with E-state index >= 15 is 0 Å². The van der Waals surface area contributed by atoms with Gasteiger partial charge in [-0.15, -0.1) is 0 Å². The normalized spacial score (nSPS) is 10.8. The molecule has 64 valence electrons. The molecule has 0 aliphatic heterocycles. The van der Waals surface area contributed by atoms with E-state index in [1.54, 1.807) is 0 Å². The molecule has 0 atom stereocenters. The fraction of sp³-hybridized carbons (Fsp3) is 0.125. The van der Waals surface area contributed by atoms with Gasteiger partial charge in [-0.3, -0.25) is 0 Å². The van der Waals surface area contributed by atoms with E-state index in [9.17, 15) is 4.79 Å². The number of rotatable bonds is 3. The van der Waals surface area contributed by atoms with Crippen LogP contribution < -0.4 is 0 Å². The van der Waals surface area contributed by atoms with Gasteiger partial charge in [0.25, 0.3) is 0 Å². The molecular formula is C8H8O4. The first-order valence-corrected chi connectivity index (χ1v) is 3.34. The van der Waals surface area contributed by atoms with Crippen LogP contribution >= 0.6 is 0 Å². The van der Waals surface area contributed by atoms with Crippen molar-refractivity contribution in [1.29, 1.82) is 0 Å². The Bertz CT molecular complexity index is 298.